The van der Waals surface area contributed by atoms with E-state index in [9.17, 15) is 9.90 Å². The number of nitrogens with zero attached hydrogens (tertiary/aromatic N) is 4. The fraction of sp³-hybridized carbons (Fsp3) is 0.242. The number of nitrogens with one attached hydrogen (secondary N) is 2. The summed E-state index contributed by atoms with van der Waals surface area (Å²) < 4.78 is 5.25. The fourth-order valence-corrected chi connectivity index (χ4v) is 5.17. The second-order valence-electron chi connectivity index (χ2n) is 10.7. The number of hydrogen-bond acceptors (Lipinski definition) is 7. The molecule has 0 atom stereocenters. The van der Waals surface area contributed by atoms with Gasteiger partial charge in [0.1, 0.15) is 11.6 Å². The first-order valence-corrected chi connectivity index (χ1v) is 14.1. The van der Waals surface area contributed by atoms with Gasteiger partial charge in [0.15, 0.2) is 0 Å². The topological polar surface area (TPSA) is 107 Å². The zero-order valence-corrected chi connectivity index (χ0v) is 23.8. The summed E-state index contributed by atoms with van der Waals surface area (Å²) in [4.78, 5) is 30.4. The first-order chi connectivity index (χ1) is 20.4. The van der Waals surface area contributed by atoms with Gasteiger partial charge in [-0.2, -0.15) is 0 Å². The average molecular weight is 563 g/mol. The molecule has 1 fully saturated rings. The number of phenols is 1. The molecule has 1 saturated heterocycles. The highest BCUT2D eigenvalue weighted by Crippen LogP contribution is 2.33. The van der Waals surface area contributed by atoms with Crippen LogP contribution in [0.2, 0.25) is 0 Å². The van der Waals surface area contributed by atoms with E-state index in [-0.39, 0.29) is 11.7 Å². The van der Waals surface area contributed by atoms with Crippen molar-refractivity contribution in [2.24, 2.45) is 0 Å². The molecule has 3 aromatic carbocycles. The standard InChI is InChI=1S/C33H34N6O3/c1-38-16-18-39(19-17-38)15-14-22-6-10-25(11-7-22)34-33(41)24-8-12-28-29(21-24)37-32(36-28)26-20-23(9-13-30(26)40)27-4-3-5-31(35-27)42-2/h3-13,20-21,40H,14-19H2,1-2H3,(H,34,41)(H,36,37). The van der Waals surface area contributed by atoms with Gasteiger partial charge in [-0.25, -0.2) is 9.97 Å². The largest absolute Gasteiger partial charge is 0.507 e. The summed E-state index contributed by atoms with van der Waals surface area (Å²) in [7, 11) is 3.74. The predicted molar refractivity (Wildman–Crippen MR) is 165 cm³/mol. The van der Waals surface area contributed by atoms with E-state index < -0.39 is 0 Å². The van der Waals surface area contributed by atoms with E-state index in [0.717, 1.165) is 55.9 Å². The van der Waals surface area contributed by atoms with E-state index in [2.05, 4.69) is 49.2 Å². The molecule has 0 bridgehead atoms. The van der Waals surface area contributed by atoms with Crippen molar-refractivity contribution >= 4 is 22.6 Å². The molecule has 0 unspecified atom stereocenters. The normalized spacial score (nSPS) is 14.2. The van der Waals surface area contributed by atoms with Gasteiger partial charge in [-0.1, -0.05) is 18.2 Å². The zero-order valence-electron chi connectivity index (χ0n) is 23.8. The first-order valence-electron chi connectivity index (χ1n) is 14.1. The number of H-pyrrole nitrogens is 1. The van der Waals surface area contributed by atoms with E-state index in [1.165, 1.54) is 5.56 Å². The number of likely N-dealkylation sites (N-methyl/N-ethyl adjacent to an activating group) is 1. The van der Waals surface area contributed by atoms with Crippen molar-refractivity contribution in [3.63, 3.8) is 0 Å². The summed E-state index contributed by atoms with van der Waals surface area (Å²) >= 11 is 0. The van der Waals surface area contributed by atoms with Crippen molar-refractivity contribution < 1.29 is 14.6 Å². The second kappa shape index (κ2) is 12.0. The molecule has 9 nitrogen and oxygen atoms in total. The maximum absolute atomic E-state index is 13.1. The summed E-state index contributed by atoms with van der Waals surface area (Å²) in [6, 6.07) is 24.2. The maximum atomic E-state index is 13.1. The van der Waals surface area contributed by atoms with Gasteiger partial charge >= 0.3 is 0 Å². The number of phenolic OH excluding ortho intramolecular Hbond substituents is 1. The lowest BCUT2D eigenvalue weighted by molar-refractivity contribution is 0.102. The van der Waals surface area contributed by atoms with Crippen LogP contribution in [0.15, 0.2) is 78.9 Å². The lowest BCUT2D eigenvalue weighted by Crippen LogP contribution is -2.45. The van der Waals surface area contributed by atoms with Crippen LogP contribution >= 0.6 is 0 Å². The van der Waals surface area contributed by atoms with Crippen molar-refractivity contribution in [1.29, 1.82) is 0 Å². The molecule has 0 radical (unpaired) electrons. The number of carbonyl (C=O) groups is 1. The molecule has 3 N–H and O–H groups in total. The molecule has 2 aromatic heterocycles. The Morgan fingerprint density at radius 1 is 0.976 bits per heavy atom. The van der Waals surface area contributed by atoms with Crippen LogP contribution in [-0.4, -0.2) is 82.6 Å². The Morgan fingerprint density at radius 2 is 1.79 bits per heavy atom. The summed E-state index contributed by atoms with van der Waals surface area (Å²) in [5.74, 6) is 0.886. The molecule has 1 amide bonds. The van der Waals surface area contributed by atoms with E-state index in [0.29, 0.717) is 34.0 Å². The quantitative estimate of drug-likeness (QED) is 0.243. The number of amides is 1. The molecule has 42 heavy (non-hydrogen) atoms. The highest BCUT2D eigenvalue weighted by molar-refractivity contribution is 6.06. The van der Waals surface area contributed by atoms with Gasteiger partial charge in [0.25, 0.3) is 5.91 Å². The Kier molecular flexibility index (Phi) is 7.85. The highest BCUT2D eigenvalue weighted by atomic mass is 16.5. The van der Waals surface area contributed by atoms with Crippen LogP contribution in [0.1, 0.15) is 15.9 Å². The SMILES string of the molecule is COc1cccc(-c2ccc(O)c(-c3nc4cc(C(=O)Nc5ccc(CCN6CCN(C)CC6)cc5)ccc4[nH]3)c2)n1. The van der Waals surface area contributed by atoms with E-state index in [4.69, 9.17) is 4.74 Å². The van der Waals surface area contributed by atoms with Gasteiger partial charge < -0.3 is 29.9 Å². The third-order valence-corrected chi connectivity index (χ3v) is 7.75. The van der Waals surface area contributed by atoms with E-state index >= 15 is 0 Å². The van der Waals surface area contributed by atoms with E-state index in [1.54, 1.807) is 37.4 Å². The molecule has 6 rings (SSSR count). The fourth-order valence-electron chi connectivity index (χ4n) is 5.17. The monoisotopic (exact) mass is 562 g/mol. The number of methoxy groups -OCH3 is 1. The van der Waals surface area contributed by atoms with Crippen molar-refractivity contribution in [3.8, 4) is 34.3 Å². The molecule has 5 aromatic rings. The zero-order chi connectivity index (χ0) is 29.1. The first kappa shape index (κ1) is 27.4. The molecule has 0 spiro atoms. The molecular weight excluding hydrogens is 528 g/mol. The average Bonchev–Trinajstić information content (AvgIpc) is 3.45. The summed E-state index contributed by atoms with van der Waals surface area (Å²) in [6.07, 6.45) is 0.991. The van der Waals surface area contributed by atoms with Gasteiger partial charge in [0.2, 0.25) is 5.88 Å². The third-order valence-electron chi connectivity index (χ3n) is 7.75. The third kappa shape index (κ3) is 6.12. The number of fused-ring (bicyclic) bond motifs is 1. The molecule has 1 aliphatic rings. The van der Waals surface area contributed by atoms with Crippen LogP contribution in [0.5, 0.6) is 11.6 Å². The number of benzene rings is 3. The molecule has 214 valence electrons. The van der Waals surface area contributed by atoms with Gasteiger partial charge in [-0.05, 0) is 73.6 Å². The number of aromatic hydroxyl groups is 1. The van der Waals surface area contributed by atoms with Crippen molar-refractivity contribution in [2.45, 2.75) is 6.42 Å². The Hall–Kier alpha value is -4.73. The number of imidazole rings is 1. The number of carbonyl (C=O) groups excluding carboxylic acids is 1. The summed E-state index contributed by atoms with van der Waals surface area (Å²) in [5.41, 5.74) is 5.95. The Labute approximate surface area is 244 Å². The van der Waals surface area contributed by atoms with Crippen molar-refractivity contribution in [1.82, 2.24) is 24.8 Å². The number of ether oxygens (including phenoxy) is 1. The van der Waals surface area contributed by atoms with Crippen molar-refractivity contribution in [3.05, 3.63) is 90.0 Å². The number of pyridine rings is 1. The summed E-state index contributed by atoms with van der Waals surface area (Å²) in [5, 5.41) is 13.6. The number of aromatic amines is 1. The number of rotatable bonds is 8. The molecule has 3 heterocycles. The molecule has 0 aliphatic carbocycles. The highest BCUT2D eigenvalue weighted by Gasteiger charge is 2.15. The molecule has 1 aliphatic heterocycles. The Balaban J connectivity index is 1.14. The van der Waals surface area contributed by atoms with Gasteiger partial charge in [0.05, 0.1) is 29.4 Å². The van der Waals surface area contributed by atoms with Crippen LogP contribution in [0.4, 0.5) is 5.69 Å². The van der Waals surface area contributed by atoms with Crippen LogP contribution in [0.3, 0.4) is 0 Å². The number of hydrogen-bond donors (Lipinski definition) is 3. The maximum Gasteiger partial charge on any atom is 0.255 e. The number of piperazine rings is 1. The molecule has 0 saturated carbocycles. The molecular formula is C33H34N6O3. The minimum atomic E-state index is -0.208. The Bertz CT molecular complexity index is 1710. The predicted octanol–water partition coefficient (Wildman–Crippen LogP) is 5.05. The van der Waals surface area contributed by atoms with Crippen LogP contribution in [-0.2, 0) is 6.42 Å². The Morgan fingerprint density at radius 3 is 2.57 bits per heavy atom. The van der Waals surface area contributed by atoms with Crippen LogP contribution in [0, 0.1) is 0 Å². The van der Waals surface area contributed by atoms with Crippen LogP contribution in [0.25, 0.3) is 33.7 Å². The summed E-state index contributed by atoms with van der Waals surface area (Å²) in [6.45, 7) is 5.51. The van der Waals surface area contributed by atoms with Gasteiger partial charge in [0, 0.05) is 55.6 Å². The lowest BCUT2D eigenvalue weighted by Gasteiger charge is -2.32. The minimum Gasteiger partial charge on any atom is -0.507 e. The van der Waals surface area contributed by atoms with Gasteiger partial charge in [-0.3, -0.25) is 4.79 Å². The number of anilines is 1. The number of aromatic nitrogens is 3. The second-order valence-corrected chi connectivity index (χ2v) is 10.7. The molecule has 9 heteroatoms. The minimum absolute atomic E-state index is 0.0886. The van der Waals surface area contributed by atoms with Gasteiger partial charge in [-0.15, -0.1) is 0 Å². The lowest BCUT2D eigenvalue weighted by atomic mass is 10.1. The smallest absolute Gasteiger partial charge is 0.255 e. The van der Waals surface area contributed by atoms with E-state index in [1.807, 2.05) is 36.4 Å². The van der Waals surface area contributed by atoms with Crippen molar-refractivity contribution in [2.75, 3.05) is 52.2 Å². The van der Waals surface area contributed by atoms with Crippen LogP contribution < -0.4 is 10.1 Å².